The van der Waals surface area contributed by atoms with Crippen molar-refractivity contribution in [3.8, 4) is 0 Å². The van der Waals surface area contributed by atoms with Gasteiger partial charge in [-0.25, -0.2) is 4.79 Å². The molecule has 0 aromatic heterocycles. The molecule has 0 saturated carbocycles. The number of hydrogen-bond acceptors (Lipinski definition) is 3. The Morgan fingerprint density at radius 1 is 1.19 bits per heavy atom. The molecule has 0 saturated heterocycles. The van der Waals surface area contributed by atoms with Crippen molar-refractivity contribution in [2.24, 2.45) is 5.73 Å². The summed E-state index contributed by atoms with van der Waals surface area (Å²) >= 11 is 3.31. The molecule has 0 atom stereocenters. The number of amides is 3. The fourth-order valence-corrected chi connectivity index (χ4v) is 1.98. The molecule has 0 radical (unpaired) electrons. The van der Waals surface area contributed by atoms with E-state index in [0.717, 1.165) is 14.9 Å². The Labute approximate surface area is 130 Å². The smallest absolute Gasteiger partial charge is 0.323 e. The van der Waals surface area contributed by atoms with Crippen LogP contribution in [-0.2, 0) is 16.1 Å². The van der Waals surface area contributed by atoms with Crippen LogP contribution < -0.4 is 5.73 Å². The molecule has 8 heteroatoms. The first-order chi connectivity index (χ1) is 9.79. The predicted octanol–water partition coefficient (Wildman–Crippen LogP) is 0.873. The Kier molecular flexibility index (Phi) is 6.16. The highest BCUT2D eigenvalue weighted by Gasteiger charge is 2.22. The van der Waals surface area contributed by atoms with E-state index in [9.17, 15) is 14.4 Å². The van der Waals surface area contributed by atoms with Crippen LogP contribution in [-0.4, -0.2) is 53.0 Å². The second kappa shape index (κ2) is 7.63. The van der Waals surface area contributed by atoms with E-state index in [1.165, 1.54) is 11.9 Å². The van der Waals surface area contributed by atoms with Gasteiger partial charge >= 0.3 is 12.0 Å². The van der Waals surface area contributed by atoms with Gasteiger partial charge in [0, 0.05) is 18.1 Å². The summed E-state index contributed by atoms with van der Waals surface area (Å²) in [6, 6.07) is 6.78. The maximum Gasteiger partial charge on any atom is 0.323 e. The van der Waals surface area contributed by atoms with E-state index in [4.69, 9.17) is 10.8 Å². The van der Waals surface area contributed by atoms with E-state index in [-0.39, 0.29) is 0 Å². The van der Waals surface area contributed by atoms with Crippen LogP contribution in [0.2, 0.25) is 0 Å². The molecule has 0 spiro atoms. The van der Waals surface area contributed by atoms with Crippen molar-refractivity contribution in [2.45, 2.75) is 6.54 Å². The van der Waals surface area contributed by atoms with E-state index < -0.39 is 31.0 Å². The lowest BCUT2D eigenvalue weighted by Gasteiger charge is -2.26. The van der Waals surface area contributed by atoms with E-state index in [1.54, 1.807) is 0 Å². The van der Waals surface area contributed by atoms with Gasteiger partial charge in [0.1, 0.15) is 13.1 Å². The number of carbonyl (C=O) groups excluding carboxylic acids is 2. The van der Waals surface area contributed by atoms with Crippen molar-refractivity contribution in [3.05, 3.63) is 34.3 Å². The summed E-state index contributed by atoms with van der Waals surface area (Å²) in [5, 5.41) is 8.78. The minimum Gasteiger partial charge on any atom is -0.480 e. The average Bonchev–Trinajstić information content (AvgIpc) is 2.38. The number of carbonyl (C=O) groups is 3. The minimum absolute atomic E-state index is 0.293. The van der Waals surface area contributed by atoms with Gasteiger partial charge in [-0.1, -0.05) is 28.1 Å². The molecule has 7 nitrogen and oxygen atoms in total. The first-order valence-corrected chi connectivity index (χ1v) is 6.83. The second-order valence-electron chi connectivity index (χ2n) is 4.48. The number of urea groups is 1. The number of hydrogen-bond donors (Lipinski definition) is 2. The van der Waals surface area contributed by atoms with Crippen LogP contribution in [0.1, 0.15) is 5.56 Å². The molecule has 0 heterocycles. The molecule has 0 aliphatic heterocycles. The molecular weight excluding hydrogens is 342 g/mol. The Morgan fingerprint density at radius 2 is 1.76 bits per heavy atom. The number of aliphatic carboxylic acids is 1. The Morgan fingerprint density at radius 3 is 2.24 bits per heavy atom. The topological polar surface area (TPSA) is 104 Å². The summed E-state index contributed by atoms with van der Waals surface area (Å²) in [4.78, 5) is 36.0. The zero-order valence-electron chi connectivity index (χ0n) is 11.5. The lowest BCUT2D eigenvalue weighted by atomic mass is 10.2. The molecule has 0 fully saturated rings. The van der Waals surface area contributed by atoms with Gasteiger partial charge in [-0.15, -0.1) is 0 Å². The molecule has 1 aromatic rings. The highest BCUT2D eigenvalue weighted by atomic mass is 79.9. The number of rotatable bonds is 6. The summed E-state index contributed by atoms with van der Waals surface area (Å²) in [5.41, 5.74) is 5.90. The molecule has 0 aliphatic rings. The standard InChI is InChI=1S/C13H16BrN3O4/c1-16(6-9-2-4-10(14)5-3-9)13(21)17(7-11(15)18)8-12(19)20/h2-5H,6-8H2,1H3,(H2,15,18)(H,19,20). The van der Waals surface area contributed by atoms with Crippen molar-refractivity contribution < 1.29 is 19.5 Å². The normalized spacial score (nSPS) is 10.0. The number of nitrogens with zero attached hydrogens (tertiary/aromatic N) is 2. The number of carboxylic acid groups (broad SMARTS) is 1. The van der Waals surface area contributed by atoms with E-state index in [1.807, 2.05) is 24.3 Å². The molecule has 3 amide bonds. The predicted molar refractivity (Wildman–Crippen MR) is 79.4 cm³/mol. The molecule has 1 rings (SSSR count). The van der Waals surface area contributed by atoms with Crippen LogP contribution in [0.3, 0.4) is 0 Å². The first kappa shape index (κ1) is 17.0. The van der Waals surface area contributed by atoms with Crippen molar-refractivity contribution in [1.82, 2.24) is 9.80 Å². The van der Waals surface area contributed by atoms with Gasteiger partial charge in [0.15, 0.2) is 0 Å². The summed E-state index contributed by atoms with van der Waals surface area (Å²) in [6.45, 7) is -0.719. The van der Waals surface area contributed by atoms with E-state index >= 15 is 0 Å². The van der Waals surface area contributed by atoms with Gasteiger partial charge in [-0.05, 0) is 17.7 Å². The van der Waals surface area contributed by atoms with E-state index in [0.29, 0.717) is 6.54 Å². The number of carboxylic acids is 1. The second-order valence-corrected chi connectivity index (χ2v) is 5.40. The monoisotopic (exact) mass is 357 g/mol. The van der Waals surface area contributed by atoms with Gasteiger partial charge in [0.25, 0.3) is 0 Å². The third-order valence-electron chi connectivity index (χ3n) is 2.60. The molecule has 114 valence electrons. The number of primary amides is 1. The average molecular weight is 358 g/mol. The quantitative estimate of drug-likeness (QED) is 0.788. The Hall–Kier alpha value is -2.09. The van der Waals surface area contributed by atoms with Gasteiger partial charge in [-0.2, -0.15) is 0 Å². The largest absolute Gasteiger partial charge is 0.480 e. The molecule has 1 aromatic carbocycles. The number of halogens is 1. The van der Waals surface area contributed by atoms with Crippen LogP contribution in [0, 0.1) is 0 Å². The van der Waals surface area contributed by atoms with E-state index in [2.05, 4.69) is 15.9 Å². The Bertz CT molecular complexity index is 517. The molecule has 0 unspecified atom stereocenters. The van der Waals surface area contributed by atoms with Crippen molar-refractivity contribution in [3.63, 3.8) is 0 Å². The van der Waals surface area contributed by atoms with Crippen LogP contribution >= 0.6 is 15.9 Å². The zero-order valence-corrected chi connectivity index (χ0v) is 13.0. The third-order valence-corrected chi connectivity index (χ3v) is 3.13. The van der Waals surface area contributed by atoms with Crippen LogP contribution in [0.4, 0.5) is 4.79 Å². The maximum absolute atomic E-state index is 12.2. The first-order valence-electron chi connectivity index (χ1n) is 6.04. The fourth-order valence-electron chi connectivity index (χ4n) is 1.72. The van der Waals surface area contributed by atoms with Gasteiger partial charge in [0.05, 0.1) is 0 Å². The summed E-state index contributed by atoms with van der Waals surface area (Å²) in [7, 11) is 1.53. The molecular formula is C13H16BrN3O4. The SMILES string of the molecule is CN(Cc1ccc(Br)cc1)C(=O)N(CC(N)=O)CC(=O)O. The lowest BCUT2D eigenvalue weighted by molar-refractivity contribution is -0.138. The fraction of sp³-hybridized carbons (Fsp3) is 0.308. The molecule has 0 bridgehead atoms. The van der Waals surface area contributed by atoms with Crippen LogP contribution in [0.25, 0.3) is 0 Å². The highest BCUT2D eigenvalue weighted by Crippen LogP contribution is 2.12. The van der Waals surface area contributed by atoms with Gasteiger partial charge in [0.2, 0.25) is 5.91 Å². The third kappa shape index (κ3) is 5.82. The minimum atomic E-state index is -1.21. The highest BCUT2D eigenvalue weighted by molar-refractivity contribution is 9.10. The number of nitrogens with two attached hydrogens (primary N) is 1. The van der Waals surface area contributed by atoms with Crippen LogP contribution in [0.15, 0.2) is 28.7 Å². The summed E-state index contributed by atoms with van der Waals surface area (Å²) in [6.07, 6.45) is 0. The van der Waals surface area contributed by atoms with Gasteiger partial charge in [-0.3, -0.25) is 9.59 Å². The number of benzene rings is 1. The molecule has 3 N–H and O–H groups in total. The van der Waals surface area contributed by atoms with Gasteiger partial charge < -0.3 is 20.6 Å². The zero-order chi connectivity index (χ0) is 16.0. The van der Waals surface area contributed by atoms with Crippen molar-refractivity contribution in [1.29, 1.82) is 0 Å². The maximum atomic E-state index is 12.2. The van der Waals surface area contributed by atoms with Crippen molar-refractivity contribution in [2.75, 3.05) is 20.1 Å². The lowest BCUT2D eigenvalue weighted by Crippen LogP contribution is -2.47. The van der Waals surface area contributed by atoms with Crippen molar-refractivity contribution >= 4 is 33.8 Å². The molecule has 21 heavy (non-hydrogen) atoms. The van der Waals surface area contributed by atoms with Crippen LogP contribution in [0.5, 0.6) is 0 Å². The summed E-state index contributed by atoms with van der Waals surface area (Å²) < 4.78 is 0.918. The summed E-state index contributed by atoms with van der Waals surface area (Å²) in [5.74, 6) is -1.97. The Balaban J connectivity index is 2.74. The molecule has 0 aliphatic carbocycles.